The average Bonchev–Trinajstić information content (AvgIpc) is 2.92. The van der Waals surface area contributed by atoms with Crippen molar-refractivity contribution >= 4 is 10.0 Å². The first-order valence-corrected chi connectivity index (χ1v) is 10.6. The molecular weight excluding hydrogens is 316 g/mol. The summed E-state index contributed by atoms with van der Waals surface area (Å²) >= 11 is 0. The lowest BCUT2D eigenvalue weighted by Gasteiger charge is -2.51. The van der Waals surface area contributed by atoms with Crippen molar-refractivity contribution in [1.82, 2.24) is 9.62 Å². The summed E-state index contributed by atoms with van der Waals surface area (Å²) in [5.41, 5.74) is -0.0111. The van der Waals surface area contributed by atoms with E-state index >= 15 is 0 Å². The molecule has 6 nitrogen and oxygen atoms in total. The van der Waals surface area contributed by atoms with Gasteiger partial charge in [0, 0.05) is 46.0 Å². The lowest BCUT2D eigenvalue weighted by atomic mass is 9.78. The van der Waals surface area contributed by atoms with Gasteiger partial charge in [-0.3, -0.25) is 4.90 Å². The summed E-state index contributed by atoms with van der Waals surface area (Å²) in [4.78, 5) is 2.50. The molecule has 1 spiro atoms. The summed E-state index contributed by atoms with van der Waals surface area (Å²) in [6, 6.07) is 0. The smallest absolute Gasteiger partial charge is 0.211 e. The molecule has 0 aromatic rings. The van der Waals surface area contributed by atoms with Gasteiger partial charge in [-0.15, -0.1) is 0 Å². The van der Waals surface area contributed by atoms with Crippen LogP contribution in [0, 0.1) is 11.8 Å². The number of nitrogens with one attached hydrogen (secondary N) is 1. The first-order valence-electron chi connectivity index (χ1n) is 8.94. The third-order valence-electron chi connectivity index (χ3n) is 5.63. The molecule has 1 atom stereocenters. The zero-order valence-corrected chi connectivity index (χ0v) is 14.9. The van der Waals surface area contributed by atoms with Gasteiger partial charge >= 0.3 is 0 Å². The van der Waals surface area contributed by atoms with Crippen LogP contribution in [0.15, 0.2) is 0 Å². The number of hydrogen-bond donors (Lipinski definition) is 1. The molecule has 0 bridgehead atoms. The summed E-state index contributed by atoms with van der Waals surface area (Å²) in [5.74, 6) is 1.39. The highest BCUT2D eigenvalue weighted by atomic mass is 32.2. The fraction of sp³-hybridized carbons (Fsp3) is 1.00. The van der Waals surface area contributed by atoms with Gasteiger partial charge in [-0.2, -0.15) is 0 Å². The minimum Gasteiger partial charge on any atom is -0.381 e. The van der Waals surface area contributed by atoms with Crippen molar-refractivity contribution in [2.75, 3.05) is 51.8 Å². The SMILES string of the molecule is CCS(=O)(=O)NCC[C@@H]1CCOC12CN(CC1CCOCC1)C2. The third-order valence-corrected chi connectivity index (χ3v) is 7.04. The van der Waals surface area contributed by atoms with Crippen LogP contribution in [-0.4, -0.2) is 70.7 Å². The molecule has 1 N–H and O–H groups in total. The van der Waals surface area contributed by atoms with E-state index in [1.165, 1.54) is 12.8 Å². The highest BCUT2D eigenvalue weighted by Crippen LogP contribution is 2.42. The number of nitrogens with zero attached hydrogens (tertiary/aromatic N) is 1. The average molecular weight is 346 g/mol. The van der Waals surface area contributed by atoms with Crippen molar-refractivity contribution in [2.45, 2.75) is 38.2 Å². The molecule has 3 heterocycles. The van der Waals surface area contributed by atoms with Crippen LogP contribution < -0.4 is 4.72 Å². The second-order valence-corrected chi connectivity index (χ2v) is 9.31. The summed E-state index contributed by atoms with van der Waals surface area (Å²) < 4.78 is 37.2. The molecule has 0 radical (unpaired) electrons. The van der Waals surface area contributed by atoms with Crippen LogP contribution in [0.3, 0.4) is 0 Å². The lowest BCUT2D eigenvalue weighted by molar-refractivity contribution is -0.139. The van der Waals surface area contributed by atoms with E-state index in [-0.39, 0.29) is 11.4 Å². The Balaban J connectivity index is 1.42. The molecule has 0 amide bonds. The summed E-state index contributed by atoms with van der Waals surface area (Å²) in [7, 11) is -3.08. The summed E-state index contributed by atoms with van der Waals surface area (Å²) in [6.07, 6.45) is 4.28. The first kappa shape index (κ1) is 17.6. The molecule has 0 unspecified atom stereocenters. The number of sulfonamides is 1. The Morgan fingerprint density at radius 1 is 1.17 bits per heavy atom. The molecule has 134 valence electrons. The molecule has 3 aliphatic heterocycles. The van der Waals surface area contributed by atoms with Crippen LogP contribution in [0.1, 0.15) is 32.6 Å². The molecule has 0 aromatic carbocycles. The topological polar surface area (TPSA) is 67.9 Å². The van der Waals surface area contributed by atoms with Crippen molar-refractivity contribution in [1.29, 1.82) is 0 Å². The normalized spacial score (nSPS) is 29.0. The minimum atomic E-state index is -3.08. The Bertz CT molecular complexity index is 484. The van der Waals surface area contributed by atoms with Crippen molar-refractivity contribution in [3.63, 3.8) is 0 Å². The Labute approximate surface area is 139 Å². The maximum Gasteiger partial charge on any atom is 0.211 e. The zero-order valence-electron chi connectivity index (χ0n) is 14.1. The molecular formula is C16H30N2O4S. The van der Waals surface area contributed by atoms with Crippen molar-refractivity contribution in [3.8, 4) is 0 Å². The lowest BCUT2D eigenvalue weighted by Crippen LogP contribution is -2.65. The van der Waals surface area contributed by atoms with Crippen LogP contribution >= 0.6 is 0 Å². The van der Waals surface area contributed by atoms with Gasteiger partial charge in [-0.05, 0) is 44.4 Å². The molecule has 3 rings (SSSR count). The van der Waals surface area contributed by atoms with Gasteiger partial charge < -0.3 is 9.47 Å². The highest BCUT2D eigenvalue weighted by Gasteiger charge is 2.52. The quantitative estimate of drug-likeness (QED) is 0.740. The van der Waals surface area contributed by atoms with E-state index in [1.54, 1.807) is 6.92 Å². The van der Waals surface area contributed by atoms with Gasteiger partial charge in [0.25, 0.3) is 0 Å². The third kappa shape index (κ3) is 4.25. The van der Waals surface area contributed by atoms with Crippen LogP contribution in [0.4, 0.5) is 0 Å². The fourth-order valence-electron chi connectivity index (χ4n) is 4.17. The van der Waals surface area contributed by atoms with E-state index in [0.29, 0.717) is 12.5 Å². The predicted octanol–water partition coefficient (Wildman–Crippen LogP) is 0.833. The molecule has 0 aliphatic carbocycles. The number of hydrogen-bond acceptors (Lipinski definition) is 5. The predicted molar refractivity (Wildman–Crippen MR) is 88.9 cm³/mol. The van der Waals surface area contributed by atoms with E-state index in [0.717, 1.165) is 58.2 Å². The second kappa shape index (κ2) is 7.35. The Hall–Kier alpha value is -0.210. The fourth-order valence-corrected chi connectivity index (χ4v) is 4.80. The largest absolute Gasteiger partial charge is 0.381 e. The summed E-state index contributed by atoms with van der Waals surface area (Å²) in [6.45, 7) is 8.00. The molecule has 0 aromatic heterocycles. The monoisotopic (exact) mass is 346 g/mol. The Kier molecular flexibility index (Phi) is 5.63. The second-order valence-electron chi connectivity index (χ2n) is 7.21. The van der Waals surface area contributed by atoms with Gasteiger partial charge in [0.15, 0.2) is 0 Å². The maximum atomic E-state index is 11.5. The highest BCUT2D eigenvalue weighted by molar-refractivity contribution is 7.89. The van der Waals surface area contributed by atoms with Crippen LogP contribution in [0.2, 0.25) is 0 Å². The zero-order chi connectivity index (χ0) is 16.3. The van der Waals surface area contributed by atoms with E-state index in [4.69, 9.17) is 9.47 Å². The van der Waals surface area contributed by atoms with Gasteiger partial charge in [0.2, 0.25) is 10.0 Å². The molecule has 3 aliphatic rings. The summed E-state index contributed by atoms with van der Waals surface area (Å²) in [5, 5.41) is 0. The number of rotatable bonds is 7. The molecule has 3 fully saturated rings. The van der Waals surface area contributed by atoms with Crippen LogP contribution in [-0.2, 0) is 19.5 Å². The van der Waals surface area contributed by atoms with Crippen molar-refractivity contribution in [2.24, 2.45) is 11.8 Å². The van der Waals surface area contributed by atoms with E-state index in [2.05, 4.69) is 9.62 Å². The van der Waals surface area contributed by atoms with Crippen LogP contribution in [0.25, 0.3) is 0 Å². The number of ether oxygens (including phenoxy) is 2. The molecule has 3 saturated heterocycles. The maximum absolute atomic E-state index is 11.5. The van der Waals surface area contributed by atoms with E-state index < -0.39 is 10.0 Å². The van der Waals surface area contributed by atoms with Gasteiger partial charge in [-0.1, -0.05) is 0 Å². The molecule has 7 heteroatoms. The molecule has 0 saturated carbocycles. The van der Waals surface area contributed by atoms with Gasteiger partial charge in [-0.25, -0.2) is 13.1 Å². The van der Waals surface area contributed by atoms with Crippen molar-refractivity contribution in [3.05, 3.63) is 0 Å². The Morgan fingerprint density at radius 2 is 1.91 bits per heavy atom. The standard InChI is InChI=1S/C16H30N2O4S/c1-2-23(19,20)17-7-3-15-6-10-22-16(15)12-18(13-16)11-14-4-8-21-9-5-14/h14-15,17H,2-13H2,1H3/t15-/m1/s1. The first-order chi connectivity index (χ1) is 11.0. The van der Waals surface area contributed by atoms with Gasteiger partial charge in [0.1, 0.15) is 0 Å². The van der Waals surface area contributed by atoms with Crippen molar-refractivity contribution < 1.29 is 17.9 Å². The molecule has 23 heavy (non-hydrogen) atoms. The van der Waals surface area contributed by atoms with Gasteiger partial charge in [0.05, 0.1) is 11.4 Å². The number of likely N-dealkylation sites (tertiary alicyclic amines) is 1. The van der Waals surface area contributed by atoms with E-state index in [9.17, 15) is 8.42 Å². The van der Waals surface area contributed by atoms with Crippen LogP contribution in [0.5, 0.6) is 0 Å². The minimum absolute atomic E-state index is 0.0111. The van der Waals surface area contributed by atoms with E-state index in [1.807, 2.05) is 0 Å². The Morgan fingerprint density at radius 3 is 2.61 bits per heavy atom.